The van der Waals surface area contributed by atoms with E-state index in [4.69, 9.17) is 0 Å². The molecule has 0 aliphatic heterocycles. The quantitative estimate of drug-likeness (QED) is 0.700. The number of rotatable bonds is 5. The van der Waals surface area contributed by atoms with Crippen LogP contribution in [0.4, 0.5) is 22.4 Å². The molecule has 30 heavy (non-hydrogen) atoms. The lowest BCUT2D eigenvalue weighted by atomic mass is 9.68. The molecule has 1 saturated carbocycles. The van der Waals surface area contributed by atoms with E-state index in [-0.39, 0.29) is 23.7 Å². The Morgan fingerprint density at radius 3 is 2.53 bits per heavy atom. The van der Waals surface area contributed by atoms with Crippen molar-refractivity contribution in [2.75, 3.05) is 13.1 Å². The zero-order valence-electron chi connectivity index (χ0n) is 16.5. The highest BCUT2D eigenvalue weighted by atomic mass is 19.3. The minimum Gasteiger partial charge on any atom is -0.465 e. The number of fused-ring (bicyclic) bond motifs is 5. The molecule has 0 saturated heterocycles. The van der Waals surface area contributed by atoms with Crippen LogP contribution in [0.2, 0.25) is 0 Å². The number of hydrogen-bond donors (Lipinski definition) is 1. The molecule has 0 radical (unpaired) electrons. The Morgan fingerprint density at radius 2 is 1.93 bits per heavy atom. The predicted octanol–water partition coefficient (Wildman–Crippen LogP) is 4.82. The van der Waals surface area contributed by atoms with Gasteiger partial charge in [0.2, 0.25) is 0 Å². The van der Waals surface area contributed by atoms with Crippen LogP contribution >= 0.6 is 0 Å². The molecule has 2 aliphatic rings. The van der Waals surface area contributed by atoms with Gasteiger partial charge >= 0.3 is 6.09 Å². The summed E-state index contributed by atoms with van der Waals surface area (Å²) < 4.78 is 54.4. The van der Waals surface area contributed by atoms with Crippen LogP contribution in [0.25, 0.3) is 11.3 Å². The number of nitrogens with zero attached hydrogens (tertiary/aromatic N) is 3. The Kier molecular flexibility index (Phi) is 4.74. The first-order valence-corrected chi connectivity index (χ1v) is 9.67. The minimum absolute atomic E-state index is 0.0428. The number of aromatic nitrogens is 2. The van der Waals surface area contributed by atoms with E-state index in [2.05, 4.69) is 10.2 Å². The van der Waals surface area contributed by atoms with Gasteiger partial charge in [-0.3, -0.25) is 0 Å². The summed E-state index contributed by atoms with van der Waals surface area (Å²) in [5.41, 5.74) is -0.199. The van der Waals surface area contributed by atoms with Crippen molar-refractivity contribution in [2.24, 2.45) is 5.41 Å². The molecule has 0 spiro atoms. The Morgan fingerprint density at radius 1 is 1.27 bits per heavy atom. The predicted molar refractivity (Wildman–Crippen MR) is 100 cm³/mol. The molecule has 1 heterocycles. The van der Waals surface area contributed by atoms with Gasteiger partial charge in [-0.25, -0.2) is 22.4 Å². The van der Waals surface area contributed by atoms with Crippen LogP contribution in [-0.2, 0) is 5.41 Å². The van der Waals surface area contributed by atoms with E-state index < -0.39 is 41.5 Å². The Hall–Kier alpha value is -2.71. The molecule has 2 atom stereocenters. The summed E-state index contributed by atoms with van der Waals surface area (Å²) in [6.07, 6.45) is -2.94. The van der Waals surface area contributed by atoms with Crippen LogP contribution in [0.3, 0.4) is 0 Å². The van der Waals surface area contributed by atoms with Crippen molar-refractivity contribution in [3.8, 4) is 11.3 Å². The fourth-order valence-electron chi connectivity index (χ4n) is 5.34. The first-order chi connectivity index (χ1) is 14.1. The number of carbonyl (C=O) groups is 1. The minimum atomic E-state index is -2.80. The molecule has 1 aromatic heterocycles. The van der Waals surface area contributed by atoms with Crippen molar-refractivity contribution in [1.29, 1.82) is 0 Å². The molecule has 2 aliphatic carbocycles. The van der Waals surface area contributed by atoms with Crippen molar-refractivity contribution in [3.63, 3.8) is 0 Å². The summed E-state index contributed by atoms with van der Waals surface area (Å²) in [5, 5.41) is 17.8. The summed E-state index contributed by atoms with van der Waals surface area (Å²) in [7, 11) is 0. The SMILES string of the molecule is CC1(C)[C@H]2CC[C@]1(CN(CC(F)F)C(=O)O)c1nnc(-c3c(F)cccc3F)cc12. The van der Waals surface area contributed by atoms with E-state index in [9.17, 15) is 27.5 Å². The average Bonchev–Trinajstić information content (AvgIpc) is 3.01. The second-order valence-corrected chi connectivity index (χ2v) is 8.58. The van der Waals surface area contributed by atoms with E-state index in [1.54, 1.807) is 6.07 Å². The molecule has 9 heteroatoms. The average molecular weight is 423 g/mol. The number of benzene rings is 1. The van der Waals surface area contributed by atoms with Gasteiger partial charge in [-0.05, 0) is 47.9 Å². The summed E-state index contributed by atoms with van der Waals surface area (Å²) in [6.45, 7) is 2.89. The highest BCUT2D eigenvalue weighted by Crippen LogP contribution is 2.67. The molecule has 5 nitrogen and oxygen atoms in total. The van der Waals surface area contributed by atoms with Gasteiger partial charge in [-0.1, -0.05) is 19.9 Å². The van der Waals surface area contributed by atoms with E-state index in [0.29, 0.717) is 18.5 Å². The van der Waals surface area contributed by atoms with Crippen molar-refractivity contribution in [2.45, 2.75) is 44.4 Å². The topological polar surface area (TPSA) is 66.3 Å². The van der Waals surface area contributed by atoms with Crippen LogP contribution in [0, 0.1) is 17.0 Å². The maximum absolute atomic E-state index is 14.2. The van der Waals surface area contributed by atoms with Crippen molar-refractivity contribution in [1.82, 2.24) is 15.1 Å². The number of hydrogen-bond acceptors (Lipinski definition) is 3. The normalized spacial score (nSPS) is 23.6. The van der Waals surface area contributed by atoms with Gasteiger partial charge in [0.25, 0.3) is 6.43 Å². The first kappa shape index (κ1) is 20.6. The lowest BCUT2D eigenvalue weighted by Gasteiger charge is -2.40. The molecule has 1 fully saturated rings. The molecule has 4 rings (SSSR count). The summed E-state index contributed by atoms with van der Waals surface area (Å²) >= 11 is 0. The maximum Gasteiger partial charge on any atom is 0.407 e. The number of amides is 1. The second-order valence-electron chi connectivity index (χ2n) is 8.58. The summed E-state index contributed by atoms with van der Waals surface area (Å²) in [6, 6.07) is 5.15. The summed E-state index contributed by atoms with van der Waals surface area (Å²) in [5.74, 6) is -1.55. The number of alkyl halides is 2. The van der Waals surface area contributed by atoms with Gasteiger partial charge < -0.3 is 10.0 Å². The van der Waals surface area contributed by atoms with Crippen LogP contribution in [-0.4, -0.2) is 45.8 Å². The third-order valence-electron chi connectivity index (χ3n) is 6.93. The van der Waals surface area contributed by atoms with Gasteiger partial charge in [0.15, 0.2) is 0 Å². The Balaban J connectivity index is 1.80. The fraction of sp³-hybridized carbons (Fsp3) is 0.476. The molecular weight excluding hydrogens is 402 g/mol. The van der Waals surface area contributed by atoms with Crippen molar-refractivity contribution < 1.29 is 27.5 Å². The van der Waals surface area contributed by atoms with E-state index >= 15 is 0 Å². The number of carboxylic acid groups (broad SMARTS) is 1. The lowest BCUT2D eigenvalue weighted by Crippen LogP contribution is -2.49. The Labute approximate surface area is 170 Å². The monoisotopic (exact) mass is 423 g/mol. The molecule has 1 aromatic carbocycles. The van der Waals surface area contributed by atoms with E-state index in [1.807, 2.05) is 13.8 Å². The van der Waals surface area contributed by atoms with Gasteiger partial charge in [-0.15, -0.1) is 0 Å². The molecule has 1 amide bonds. The third-order valence-corrected chi connectivity index (χ3v) is 6.93. The molecule has 160 valence electrons. The van der Waals surface area contributed by atoms with Gasteiger partial charge in [-0.2, -0.15) is 10.2 Å². The zero-order valence-corrected chi connectivity index (χ0v) is 16.5. The van der Waals surface area contributed by atoms with Crippen molar-refractivity contribution >= 4 is 6.09 Å². The first-order valence-electron chi connectivity index (χ1n) is 9.67. The van der Waals surface area contributed by atoms with Crippen LogP contribution in [0.1, 0.15) is 43.9 Å². The largest absolute Gasteiger partial charge is 0.465 e. The number of halogens is 4. The Bertz CT molecular complexity index is 993. The van der Waals surface area contributed by atoms with Crippen LogP contribution in [0.5, 0.6) is 0 Å². The molecule has 0 unspecified atom stereocenters. The lowest BCUT2D eigenvalue weighted by molar-refractivity contribution is 0.0548. The highest BCUT2D eigenvalue weighted by molar-refractivity contribution is 5.66. The fourth-order valence-corrected chi connectivity index (χ4v) is 5.34. The standard InChI is InChI=1S/C21H21F4N3O2/c1-20(2)12-6-7-21(20,10-28(19(29)30)9-16(24)25)18-11(12)8-15(26-27-18)17-13(22)4-3-5-14(17)23/h3-5,8,12,16H,6-7,9-10H2,1-2H3,(H,29,30)/t12-,21-/m0/s1. The van der Waals surface area contributed by atoms with Crippen LogP contribution in [0.15, 0.2) is 24.3 Å². The zero-order chi connectivity index (χ0) is 21.8. The smallest absolute Gasteiger partial charge is 0.407 e. The summed E-state index contributed by atoms with van der Waals surface area (Å²) in [4.78, 5) is 12.3. The van der Waals surface area contributed by atoms with E-state index in [0.717, 1.165) is 22.6 Å². The molecule has 1 N–H and O–H groups in total. The van der Waals surface area contributed by atoms with Crippen LogP contribution < -0.4 is 0 Å². The molecule has 2 aromatic rings. The van der Waals surface area contributed by atoms with Crippen molar-refractivity contribution in [3.05, 3.63) is 47.2 Å². The van der Waals surface area contributed by atoms with Gasteiger partial charge in [0.1, 0.15) is 11.6 Å². The highest BCUT2D eigenvalue weighted by Gasteiger charge is 2.64. The van der Waals surface area contributed by atoms with Gasteiger partial charge in [0.05, 0.1) is 23.5 Å². The molecular formula is C21H21F4N3O2. The third kappa shape index (κ3) is 2.86. The van der Waals surface area contributed by atoms with Gasteiger partial charge in [0, 0.05) is 12.0 Å². The maximum atomic E-state index is 14.2. The second kappa shape index (κ2) is 6.92. The molecule has 2 bridgehead atoms. The van der Waals surface area contributed by atoms with E-state index in [1.165, 1.54) is 6.07 Å².